The Morgan fingerprint density at radius 2 is 1.52 bits per heavy atom. The molecule has 150 valence electrons. The van der Waals surface area contributed by atoms with Crippen molar-refractivity contribution in [2.75, 3.05) is 7.05 Å². The van der Waals surface area contributed by atoms with Crippen molar-refractivity contribution in [2.45, 2.75) is 18.5 Å². The molecule has 29 heavy (non-hydrogen) atoms. The number of carbonyl (C=O) groups excluding carboxylic acids is 4. The van der Waals surface area contributed by atoms with Gasteiger partial charge in [0.1, 0.15) is 12.1 Å². The van der Waals surface area contributed by atoms with Crippen LogP contribution in [0.25, 0.3) is 6.08 Å². The van der Waals surface area contributed by atoms with Gasteiger partial charge in [0, 0.05) is 13.5 Å². The minimum Gasteiger partial charge on any atom is -0.357 e. The van der Waals surface area contributed by atoms with Crippen molar-refractivity contribution < 1.29 is 19.2 Å². The summed E-state index contributed by atoms with van der Waals surface area (Å²) in [7, 11) is 1.48. The molecule has 0 heterocycles. The van der Waals surface area contributed by atoms with E-state index in [1.54, 1.807) is 6.08 Å². The Bertz CT molecular complexity index is 866. The molecule has 0 aliphatic carbocycles. The molecule has 2 atom stereocenters. The summed E-state index contributed by atoms with van der Waals surface area (Å²) in [5, 5.41) is 7.50. The zero-order chi connectivity index (χ0) is 21.1. The highest BCUT2D eigenvalue weighted by atomic mass is 16.2. The van der Waals surface area contributed by atoms with E-state index in [2.05, 4.69) is 16.0 Å². The highest BCUT2D eigenvalue weighted by molar-refractivity contribution is 6.24. The number of rotatable bonds is 9. The Morgan fingerprint density at radius 3 is 2.10 bits per heavy atom. The van der Waals surface area contributed by atoms with E-state index in [4.69, 9.17) is 0 Å². The van der Waals surface area contributed by atoms with Crippen LogP contribution in [0.3, 0.4) is 0 Å². The normalized spacial score (nSPS) is 12.6. The lowest BCUT2D eigenvalue weighted by molar-refractivity contribution is -0.134. The number of amides is 3. The zero-order valence-corrected chi connectivity index (χ0v) is 16.0. The molecule has 0 radical (unpaired) electrons. The molecule has 7 nitrogen and oxygen atoms in total. The molecule has 0 bridgehead atoms. The van der Waals surface area contributed by atoms with Gasteiger partial charge in [-0.15, -0.1) is 0 Å². The predicted octanol–water partition coefficient (Wildman–Crippen LogP) is 0.857. The van der Waals surface area contributed by atoms with Crippen LogP contribution in [0.1, 0.15) is 11.1 Å². The van der Waals surface area contributed by atoms with Crippen LogP contribution in [0.2, 0.25) is 0 Å². The Labute approximate surface area is 169 Å². The summed E-state index contributed by atoms with van der Waals surface area (Å²) in [6, 6.07) is 16.5. The molecular formula is C22H23N3O4. The van der Waals surface area contributed by atoms with Crippen molar-refractivity contribution in [2.24, 2.45) is 0 Å². The first kappa shape index (κ1) is 21.6. The maximum absolute atomic E-state index is 12.8. The molecule has 0 aromatic heterocycles. The fourth-order valence-corrected chi connectivity index (χ4v) is 2.65. The Balaban J connectivity index is 2.17. The minimum absolute atomic E-state index is 0.0941. The van der Waals surface area contributed by atoms with Gasteiger partial charge in [0.05, 0.1) is 0 Å². The van der Waals surface area contributed by atoms with E-state index >= 15 is 0 Å². The van der Waals surface area contributed by atoms with Gasteiger partial charge >= 0.3 is 0 Å². The highest BCUT2D eigenvalue weighted by Crippen LogP contribution is 2.06. The molecular weight excluding hydrogens is 370 g/mol. The molecule has 0 spiro atoms. The summed E-state index contributed by atoms with van der Waals surface area (Å²) in [6.45, 7) is 0. The molecule has 1 unspecified atom stereocenters. The average Bonchev–Trinajstić information content (AvgIpc) is 2.76. The van der Waals surface area contributed by atoms with Crippen LogP contribution in [0.5, 0.6) is 0 Å². The zero-order valence-electron chi connectivity index (χ0n) is 16.0. The molecule has 0 fully saturated rings. The molecule has 2 aromatic carbocycles. The molecule has 0 saturated heterocycles. The third kappa shape index (κ3) is 7.06. The average molecular weight is 393 g/mol. The second-order valence-corrected chi connectivity index (χ2v) is 6.24. The van der Waals surface area contributed by atoms with Crippen LogP contribution in [-0.2, 0) is 25.6 Å². The number of carbonyl (C=O) groups is 4. The first-order chi connectivity index (χ1) is 14.0. The number of nitrogens with one attached hydrogen (secondary N) is 3. The summed E-state index contributed by atoms with van der Waals surface area (Å²) >= 11 is 0. The highest BCUT2D eigenvalue weighted by Gasteiger charge is 2.25. The quantitative estimate of drug-likeness (QED) is 0.434. The molecule has 0 aliphatic rings. The number of benzene rings is 2. The van der Waals surface area contributed by atoms with E-state index in [1.165, 1.54) is 13.1 Å². The van der Waals surface area contributed by atoms with Gasteiger partial charge < -0.3 is 16.0 Å². The standard InChI is InChI=1S/C22H23N3O4/c1-23-21(28)19(14-17-10-6-3-7-11-17)25-22(29)18(24-20(27)15-26)13-12-16-8-4-2-5-9-16/h2-13,15,18-19H,14H2,1H3,(H,23,28)(H,24,27)(H,25,29)/t18?,19-/m0/s1. The summed E-state index contributed by atoms with van der Waals surface area (Å²) in [5.41, 5.74) is 1.69. The van der Waals surface area contributed by atoms with Gasteiger partial charge in [0.2, 0.25) is 18.1 Å². The molecule has 0 saturated carbocycles. The predicted molar refractivity (Wildman–Crippen MR) is 110 cm³/mol. The van der Waals surface area contributed by atoms with E-state index in [1.807, 2.05) is 60.7 Å². The Hall–Kier alpha value is -3.74. The largest absolute Gasteiger partial charge is 0.357 e. The maximum atomic E-state index is 12.8. The molecule has 0 aliphatic heterocycles. The van der Waals surface area contributed by atoms with E-state index in [0.29, 0.717) is 0 Å². The molecule has 3 amide bonds. The fraction of sp³-hybridized carbons (Fsp3) is 0.182. The number of hydrogen-bond donors (Lipinski definition) is 3. The van der Waals surface area contributed by atoms with Crippen LogP contribution in [0, 0.1) is 0 Å². The van der Waals surface area contributed by atoms with Gasteiger partial charge in [0.15, 0.2) is 0 Å². The van der Waals surface area contributed by atoms with Gasteiger partial charge in [-0.3, -0.25) is 19.2 Å². The van der Waals surface area contributed by atoms with Crippen molar-refractivity contribution in [3.8, 4) is 0 Å². The van der Waals surface area contributed by atoms with Crippen LogP contribution in [0.15, 0.2) is 66.7 Å². The first-order valence-corrected chi connectivity index (χ1v) is 9.08. The second kappa shape index (κ2) is 11.2. The van der Waals surface area contributed by atoms with E-state index < -0.39 is 23.9 Å². The summed E-state index contributed by atoms with van der Waals surface area (Å²) < 4.78 is 0. The van der Waals surface area contributed by atoms with Crippen molar-refractivity contribution in [3.05, 3.63) is 77.9 Å². The number of hydrogen-bond acceptors (Lipinski definition) is 4. The van der Waals surface area contributed by atoms with E-state index in [-0.39, 0.29) is 18.6 Å². The summed E-state index contributed by atoms with van der Waals surface area (Å²) in [6.07, 6.45) is 3.50. The van der Waals surface area contributed by atoms with Gasteiger partial charge in [-0.25, -0.2) is 0 Å². The fourth-order valence-electron chi connectivity index (χ4n) is 2.65. The van der Waals surface area contributed by atoms with Crippen molar-refractivity contribution in [1.29, 1.82) is 0 Å². The lowest BCUT2D eigenvalue weighted by atomic mass is 10.0. The van der Waals surface area contributed by atoms with Crippen molar-refractivity contribution in [1.82, 2.24) is 16.0 Å². The van der Waals surface area contributed by atoms with E-state index in [9.17, 15) is 19.2 Å². The van der Waals surface area contributed by atoms with Crippen molar-refractivity contribution in [3.63, 3.8) is 0 Å². The molecule has 3 N–H and O–H groups in total. The monoisotopic (exact) mass is 393 g/mol. The van der Waals surface area contributed by atoms with Crippen LogP contribution in [-0.4, -0.2) is 43.1 Å². The van der Waals surface area contributed by atoms with E-state index in [0.717, 1.165) is 11.1 Å². The molecule has 2 aromatic rings. The van der Waals surface area contributed by atoms with Gasteiger partial charge in [0.25, 0.3) is 5.91 Å². The van der Waals surface area contributed by atoms with Crippen LogP contribution < -0.4 is 16.0 Å². The van der Waals surface area contributed by atoms with Crippen molar-refractivity contribution >= 4 is 30.1 Å². The second-order valence-electron chi connectivity index (χ2n) is 6.24. The number of aldehydes is 1. The molecule has 2 rings (SSSR count). The summed E-state index contributed by atoms with van der Waals surface area (Å²) in [5.74, 6) is -1.89. The van der Waals surface area contributed by atoms with Gasteiger partial charge in [-0.05, 0) is 11.1 Å². The van der Waals surface area contributed by atoms with Gasteiger partial charge in [-0.2, -0.15) is 0 Å². The maximum Gasteiger partial charge on any atom is 0.284 e. The summed E-state index contributed by atoms with van der Waals surface area (Å²) in [4.78, 5) is 47.3. The van der Waals surface area contributed by atoms with Crippen LogP contribution in [0.4, 0.5) is 0 Å². The lowest BCUT2D eigenvalue weighted by Gasteiger charge is -2.20. The number of likely N-dealkylation sites (N-methyl/N-ethyl adjacent to an activating group) is 1. The smallest absolute Gasteiger partial charge is 0.284 e. The Kier molecular flexibility index (Phi) is 8.31. The molecule has 7 heteroatoms. The van der Waals surface area contributed by atoms with Crippen LogP contribution >= 0.6 is 0 Å². The Morgan fingerprint density at radius 1 is 0.897 bits per heavy atom. The minimum atomic E-state index is -1.11. The third-order valence-electron chi connectivity index (χ3n) is 4.13. The SMILES string of the molecule is CNC(=O)[C@H](Cc1ccccc1)NC(=O)C(C=Cc1ccccc1)NC(=O)C=O. The topological polar surface area (TPSA) is 104 Å². The first-order valence-electron chi connectivity index (χ1n) is 9.08. The third-order valence-corrected chi connectivity index (χ3v) is 4.13. The lowest BCUT2D eigenvalue weighted by Crippen LogP contribution is -2.53. The van der Waals surface area contributed by atoms with Gasteiger partial charge in [-0.1, -0.05) is 72.8 Å².